The fourth-order valence-corrected chi connectivity index (χ4v) is 3.22. The molecular formula is C20H20ClN3O3. The van der Waals surface area contributed by atoms with Crippen molar-refractivity contribution in [2.75, 3.05) is 31.5 Å². The molecule has 2 aromatic carbocycles. The van der Waals surface area contributed by atoms with Gasteiger partial charge in [0.1, 0.15) is 0 Å². The number of hydrogen-bond donors (Lipinski definition) is 1. The van der Waals surface area contributed by atoms with Crippen LogP contribution in [-0.2, 0) is 4.79 Å². The number of amides is 3. The van der Waals surface area contributed by atoms with Crippen LogP contribution in [0.5, 0.6) is 0 Å². The molecule has 1 N–H and O–H groups in total. The fourth-order valence-electron chi connectivity index (χ4n) is 3.03. The standard InChI is InChI=1S/C20H20ClN3O3/c1-14(25)22-18-7-3-5-16(13-18)20(27)24-10-8-23(9-11-24)19(26)15-4-2-6-17(21)12-15/h2-7,12-13H,8-11H2,1H3,(H,22,25). The average Bonchev–Trinajstić information content (AvgIpc) is 2.66. The summed E-state index contributed by atoms with van der Waals surface area (Å²) < 4.78 is 0. The molecular weight excluding hydrogens is 366 g/mol. The number of halogens is 1. The smallest absolute Gasteiger partial charge is 0.254 e. The highest BCUT2D eigenvalue weighted by molar-refractivity contribution is 6.30. The molecule has 140 valence electrons. The summed E-state index contributed by atoms with van der Waals surface area (Å²) in [5, 5.41) is 3.20. The summed E-state index contributed by atoms with van der Waals surface area (Å²) >= 11 is 5.95. The number of benzene rings is 2. The van der Waals surface area contributed by atoms with E-state index in [1.807, 2.05) is 0 Å². The zero-order valence-corrected chi connectivity index (χ0v) is 15.7. The molecule has 0 aliphatic carbocycles. The van der Waals surface area contributed by atoms with E-state index in [0.29, 0.717) is 48.0 Å². The van der Waals surface area contributed by atoms with Crippen LogP contribution in [0.15, 0.2) is 48.5 Å². The predicted octanol–water partition coefficient (Wildman–Crippen LogP) is 2.90. The summed E-state index contributed by atoms with van der Waals surface area (Å²) in [6.07, 6.45) is 0. The highest BCUT2D eigenvalue weighted by Crippen LogP contribution is 2.17. The summed E-state index contributed by atoms with van der Waals surface area (Å²) in [6, 6.07) is 13.7. The highest BCUT2D eigenvalue weighted by atomic mass is 35.5. The van der Waals surface area contributed by atoms with E-state index in [4.69, 9.17) is 11.6 Å². The maximum absolute atomic E-state index is 12.7. The van der Waals surface area contributed by atoms with Crippen molar-refractivity contribution in [2.45, 2.75) is 6.92 Å². The Labute approximate surface area is 162 Å². The van der Waals surface area contributed by atoms with Crippen LogP contribution in [0.4, 0.5) is 5.69 Å². The predicted molar refractivity (Wildman–Crippen MR) is 104 cm³/mol. The minimum Gasteiger partial charge on any atom is -0.335 e. The quantitative estimate of drug-likeness (QED) is 0.883. The molecule has 6 nitrogen and oxygen atoms in total. The first kappa shape index (κ1) is 18.9. The number of piperazine rings is 1. The van der Waals surface area contributed by atoms with E-state index in [1.165, 1.54) is 6.92 Å². The first-order chi connectivity index (χ1) is 12.9. The lowest BCUT2D eigenvalue weighted by Gasteiger charge is -2.35. The van der Waals surface area contributed by atoms with E-state index in [2.05, 4.69) is 5.32 Å². The molecule has 1 heterocycles. The second kappa shape index (κ2) is 8.22. The number of anilines is 1. The number of carbonyl (C=O) groups is 3. The zero-order valence-electron chi connectivity index (χ0n) is 14.9. The Bertz CT molecular complexity index is 876. The van der Waals surface area contributed by atoms with E-state index >= 15 is 0 Å². The number of carbonyl (C=O) groups excluding carboxylic acids is 3. The van der Waals surface area contributed by atoms with Crippen molar-refractivity contribution in [2.24, 2.45) is 0 Å². The maximum Gasteiger partial charge on any atom is 0.254 e. The molecule has 1 aliphatic rings. The summed E-state index contributed by atoms with van der Waals surface area (Å²) in [5.74, 6) is -0.387. The third kappa shape index (κ3) is 4.65. The Morgan fingerprint density at radius 2 is 1.37 bits per heavy atom. The van der Waals surface area contributed by atoms with Gasteiger partial charge in [0.15, 0.2) is 0 Å². The Hall–Kier alpha value is -2.86. The van der Waals surface area contributed by atoms with Crippen molar-refractivity contribution in [3.8, 4) is 0 Å². The Kier molecular flexibility index (Phi) is 5.76. The largest absolute Gasteiger partial charge is 0.335 e. The molecule has 0 spiro atoms. The lowest BCUT2D eigenvalue weighted by atomic mass is 10.1. The van der Waals surface area contributed by atoms with Crippen molar-refractivity contribution < 1.29 is 14.4 Å². The third-order valence-electron chi connectivity index (χ3n) is 4.36. The van der Waals surface area contributed by atoms with Gasteiger partial charge in [0, 0.05) is 54.9 Å². The van der Waals surface area contributed by atoms with Crippen LogP contribution in [0.25, 0.3) is 0 Å². The molecule has 3 rings (SSSR count). The van der Waals surface area contributed by atoms with Crippen LogP contribution in [0, 0.1) is 0 Å². The van der Waals surface area contributed by atoms with Gasteiger partial charge in [-0.05, 0) is 36.4 Å². The van der Waals surface area contributed by atoms with Gasteiger partial charge in [-0.25, -0.2) is 0 Å². The molecule has 0 atom stereocenters. The number of nitrogens with one attached hydrogen (secondary N) is 1. The van der Waals surface area contributed by atoms with Gasteiger partial charge in [-0.3, -0.25) is 14.4 Å². The Balaban J connectivity index is 1.62. The monoisotopic (exact) mass is 385 g/mol. The number of hydrogen-bond acceptors (Lipinski definition) is 3. The van der Waals surface area contributed by atoms with Gasteiger partial charge in [0.25, 0.3) is 11.8 Å². The molecule has 0 unspecified atom stereocenters. The van der Waals surface area contributed by atoms with Gasteiger partial charge in [-0.2, -0.15) is 0 Å². The van der Waals surface area contributed by atoms with Crippen LogP contribution >= 0.6 is 11.6 Å². The van der Waals surface area contributed by atoms with E-state index in [0.717, 1.165) is 0 Å². The van der Waals surface area contributed by atoms with Crippen LogP contribution in [0.2, 0.25) is 5.02 Å². The highest BCUT2D eigenvalue weighted by Gasteiger charge is 2.25. The van der Waals surface area contributed by atoms with Crippen LogP contribution in [0.1, 0.15) is 27.6 Å². The van der Waals surface area contributed by atoms with Crippen molar-refractivity contribution >= 4 is 35.0 Å². The topological polar surface area (TPSA) is 69.7 Å². The van der Waals surface area contributed by atoms with Crippen molar-refractivity contribution in [3.63, 3.8) is 0 Å². The first-order valence-corrected chi connectivity index (χ1v) is 9.03. The van der Waals surface area contributed by atoms with E-state index < -0.39 is 0 Å². The summed E-state index contributed by atoms with van der Waals surface area (Å²) in [4.78, 5) is 39.9. The van der Waals surface area contributed by atoms with E-state index in [-0.39, 0.29) is 17.7 Å². The van der Waals surface area contributed by atoms with E-state index in [9.17, 15) is 14.4 Å². The zero-order chi connectivity index (χ0) is 19.4. The molecule has 1 aliphatic heterocycles. The van der Waals surface area contributed by atoms with Crippen LogP contribution in [-0.4, -0.2) is 53.7 Å². The molecule has 2 aromatic rings. The van der Waals surface area contributed by atoms with Gasteiger partial charge >= 0.3 is 0 Å². The van der Waals surface area contributed by atoms with Crippen molar-refractivity contribution in [1.82, 2.24) is 9.80 Å². The van der Waals surface area contributed by atoms with Gasteiger partial charge in [0.2, 0.25) is 5.91 Å². The molecule has 0 aromatic heterocycles. The molecule has 7 heteroatoms. The molecule has 0 bridgehead atoms. The van der Waals surface area contributed by atoms with E-state index in [1.54, 1.807) is 58.3 Å². The SMILES string of the molecule is CC(=O)Nc1cccc(C(=O)N2CCN(C(=O)c3cccc(Cl)c3)CC2)c1. The second-order valence-corrected chi connectivity index (χ2v) is 6.79. The molecule has 1 fully saturated rings. The first-order valence-electron chi connectivity index (χ1n) is 8.66. The van der Waals surface area contributed by atoms with Crippen molar-refractivity contribution in [1.29, 1.82) is 0 Å². The Morgan fingerprint density at radius 1 is 0.852 bits per heavy atom. The van der Waals surface area contributed by atoms with Gasteiger partial charge in [-0.15, -0.1) is 0 Å². The number of rotatable bonds is 3. The normalized spacial score (nSPS) is 14.0. The van der Waals surface area contributed by atoms with Gasteiger partial charge in [-0.1, -0.05) is 23.7 Å². The summed E-state index contributed by atoms with van der Waals surface area (Å²) in [7, 11) is 0. The van der Waals surface area contributed by atoms with Crippen LogP contribution in [0.3, 0.4) is 0 Å². The molecule has 3 amide bonds. The molecule has 0 saturated carbocycles. The maximum atomic E-state index is 12.7. The van der Waals surface area contributed by atoms with Crippen molar-refractivity contribution in [3.05, 3.63) is 64.7 Å². The lowest BCUT2D eigenvalue weighted by Crippen LogP contribution is -2.50. The summed E-state index contributed by atoms with van der Waals surface area (Å²) in [6.45, 7) is 3.25. The minimum absolute atomic E-state index is 0.0859. The average molecular weight is 386 g/mol. The molecule has 0 radical (unpaired) electrons. The van der Waals surface area contributed by atoms with Crippen LogP contribution < -0.4 is 5.32 Å². The number of nitrogens with zero attached hydrogens (tertiary/aromatic N) is 2. The molecule has 1 saturated heterocycles. The Morgan fingerprint density at radius 3 is 1.89 bits per heavy atom. The van der Waals surface area contributed by atoms with Gasteiger partial charge < -0.3 is 15.1 Å². The minimum atomic E-state index is -0.187. The second-order valence-electron chi connectivity index (χ2n) is 6.36. The summed E-state index contributed by atoms with van der Waals surface area (Å²) in [5.41, 5.74) is 1.64. The lowest BCUT2D eigenvalue weighted by molar-refractivity contribution is -0.114. The third-order valence-corrected chi connectivity index (χ3v) is 4.59. The van der Waals surface area contributed by atoms with Gasteiger partial charge in [0.05, 0.1) is 0 Å². The molecule has 27 heavy (non-hydrogen) atoms. The fraction of sp³-hybridized carbons (Fsp3) is 0.250.